The van der Waals surface area contributed by atoms with Gasteiger partial charge in [-0.1, -0.05) is 12.1 Å². The van der Waals surface area contributed by atoms with Crippen molar-refractivity contribution >= 4 is 0 Å². The van der Waals surface area contributed by atoms with Crippen LogP contribution in [0.3, 0.4) is 0 Å². The standard InChI is InChI=1S/C12H16O3/c1-15-11-4-2-9(3-5-11)12(8-14)6-10(12)7-13/h2-5,10,13-14H,6-8H2,1H3/t10-,12+/m1/s1. The Balaban J connectivity index is 2.22. The van der Waals surface area contributed by atoms with Crippen molar-refractivity contribution in [1.29, 1.82) is 0 Å². The van der Waals surface area contributed by atoms with Crippen molar-refractivity contribution in [2.45, 2.75) is 11.8 Å². The van der Waals surface area contributed by atoms with Gasteiger partial charge in [-0.2, -0.15) is 0 Å². The first-order valence-electron chi connectivity index (χ1n) is 5.13. The molecule has 3 heteroatoms. The van der Waals surface area contributed by atoms with Gasteiger partial charge in [0.15, 0.2) is 0 Å². The van der Waals surface area contributed by atoms with Gasteiger partial charge in [0.2, 0.25) is 0 Å². The summed E-state index contributed by atoms with van der Waals surface area (Å²) < 4.78 is 5.08. The molecular weight excluding hydrogens is 192 g/mol. The number of rotatable bonds is 4. The van der Waals surface area contributed by atoms with Crippen LogP contribution in [-0.4, -0.2) is 30.5 Å². The molecule has 1 aromatic rings. The van der Waals surface area contributed by atoms with Crippen LogP contribution in [0.5, 0.6) is 5.75 Å². The first-order chi connectivity index (χ1) is 7.26. The summed E-state index contributed by atoms with van der Waals surface area (Å²) in [6.45, 7) is 0.247. The summed E-state index contributed by atoms with van der Waals surface area (Å²) >= 11 is 0. The van der Waals surface area contributed by atoms with Gasteiger partial charge in [-0.15, -0.1) is 0 Å². The van der Waals surface area contributed by atoms with Crippen LogP contribution < -0.4 is 4.74 Å². The summed E-state index contributed by atoms with van der Waals surface area (Å²) in [5.74, 6) is 1.02. The lowest BCUT2D eigenvalue weighted by molar-refractivity contribution is 0.213. The van der Waals surface area contributed by atoms with Crippen LogP contribution in [-0.2, 0) is 5.41 Å². The van der Waals surface area contributed by atoms with Crippen molar-refractivity contribution in [2.75, 3.05) is 20.3 Å². The first-order valence-corrected chi connectivity index (χ1v) is 5.13. The second-order valence-corrected chi connectivity index (χ2v) is 4.13. The predicted octanol–water partition coefficient (Wildman–Crippen LogP) is 0.938. The number of hydrogen-bond donors (Lipinski definition) is 2. The van der Waals surface area contributed by atoms with Crippen molar-refractivity contribution < 1.29 is 14.9 Å². The number of aliphatic hydroxyl groups is 2. The smallest absolute Gasteiger partial charge is 0.118 e. The molecule has 1 aliphatic rings. The molecule has 0 unspecified atom stereocenters. The molecule has 0 heterocycles. The minimum Gasteiger partial charge on any atom is -0.497 e. The van der Waals surface area contributed by atoms with E-state index in [2.05, 4.69) is 0 Å². The van der Waals surface area contributed by atoms with Crippen LogP contribution in [0.25, 0.3) is 0 Å². The van der Waals surface area contributed by atoms with E-state index in [9.17, 15) is 5.11 Å². The summed E-state index contributed by atoms with van der Waals surface area (Å²) in [5, 5.41) is 18.5. The molecule has 0 radical (unpaired) electrons. The molecule has 0 amide bonds. The molecule has 3 nitrogen and oxygen atoms in total. The van der Waals surface area contributed by atoms with Crippen LogP contribution in [0.2, 0.25) is 0 Å². The Morgan fingerprint density at radius 3 is 2.40 bits per heavy atom. The van der Waals surface area contributed by atoms with E-state index in [0.29, 0.717) is 0 Å². The minimum atomic E-state index is -0.207. The molecule has 1 fully saturated rings. The van der Waals surface area contributed by atoms with Gasteiger partial charge in [0.1, 0.15) is 5.75 Å². The molecule has 0 saturated heterocycles. The summed E-state index contributed by atoms with van der Waals surface area (Å²) in [4.78, 5) is 0. The highest BCUT2D eigenvalue weighted by Crippen LogP contribution is 2.53. The molecule has 15 heavy (non-hydrogen) atoms. The Morgan fingerprint density at radius 1 is 1.33 bits per heavy atom. The fourth-order valence-corrected chi connectivity index (χ4v) is 2.18. The zero-order valence-corrected chi connectivity index (χ0v) is 8.81. The van der Waals surface area contributed by atoms with Gasteiger partial charge in [-0.05, 0) is 30.0 Å². The van der Waals surface area contributed by atoms with E-state index in [4.69, 9.17) is 9.84 Å². The van der Waals surface area contributed by atoms with Crippen molar-refractivity contribution in [3.05, 3.63) is 29.8 Å². The van der Waals surface area contributed by atoms with Gasteiger partial charge in [0.25, 0.3) is 0 Å². The molecule has 2 N–H and O–H groups in total. The van der Waals surface area contributed by atoms with Crippen LogP contribution in [0.1, 0.15) is 12.0 Å². The highest BCUT2D eigenvalue weighted by atomic mass is 16.5. The van der Waals surface area contributed by atoms with E-state index >= 15 is 0 Å². The molecule has 0 bridgehead atoms. The summed E-state index contributed by atoms with van der Waals surface area (Å²) in [5.41, 5.74) is 0.881. The fraction of sp³-hybridized carbons (Fsp3) is 0.500. The molecule has 2 rings (SSSR count). The Bertz CT molecular complexity index is 333. The molecular formula is C12H16O3. The van der Waals surface area contributed by atoms with Crippen molar-refractivity contribution in [1.82, 2.24) is 0 Å². The van der Waals surface area contributed by atoms with Gasteiger partial charge in [0, 0.05) is 12.0 Å². The fourth-order valence-electron chi connectivity index (χ4n) is 2.18. The Labute approximate surface area is 89.3 Å². The minimum absolute atomic E-state index is 0.102. The number of ether oxygens (including phenoxy) is 1. The zero-order chi connectivity index (χ0) is 10.9. The number of methoxy groups -OCH3 is 1. The van der Waals surface area contributed by atoms with E-state index in [1.165, 1.54) is 0 Å². The van der Waals surface area contributed by atoms with Crippen LogP contribution in [0, 0.1) is 5.92 Å². The molecule has 2 atom stereocenters. The number of benzene rings is 1. The van der Waals surface area contributed by atoms with E-state index in [1.54, 1.807) is 7.11 Å². The largest absolute Gasteiger partial charge is 0.497 e. The monoisotopic (exact) mass is 208 g/mol. The third-order valence-electron chi connectivity index (χ3n) is 3.40. The topological polar surface area (TPSA) is 49.7 Å². The van der Waals surface area contributed by atoms with E-state index < -0.39 is 0 Å². The van der Waals surface area contributed by atoms with Crippen molar-refractivity contribution in [3.63, 3.8) is 0 Å². The molecule has 82 valence electrons. The lowest BCUT2D eigenvalue weighted by Gasteiger charge is -2.14. The molecule has 1 aliphatic carbocycles. The highest BCUT2D eigenvalue weighted by molar-refractivity contribution is 5.37. The number of aliphatic hydroxyl groups excluding tert-OH is 2. The van der Waals surface area contributed by atoms with Crippen molar-refractivity contribution in [3.8, 4) is 5.75 Å². The second-order valence-electron chi connectivity index (χ2n) is 4.13. The van der Waals surface area contributed by atoms with Crippen LogP contribution in [0.4, 0.5) is 0 Å². The van der Waals surface area contributed by atoms with Gasteiger partial charge in [-0.25, -0.2) is 0 Å². The van der Waals surface area contributed by atoms with Gasteiger partial charge in [-0.3, -0.25) is 0 Å². The normalized spacial score (nSPS) is 28.9. The Morgan fingerprint density at radius 2 is 2.00 bits per heavy atom. The first kappa shape index (κ1) is 10.5. The maximum Gasteiger partial charge on any atom is 0.118 e. The summed E-state index contributed by atoms with van der Waals surface area (Å²) in [6.07, 6.45) is 0.867. The summed E-state index contributed by atoms with van der Waals surface area (Å²) in [7, 11) is 1.63. The van der Waals surface area contributed by atoms with Gasteiger partial charge in [0.05, 0.1) is 13.7 Å². The average molecular weight is 208 g/mol. The molecule has 1 aromatic carbocycles. The maximum absolute atomic E-state index is 9.40. The third-order valence-corrected chi connectivity index (χ3v) is 3.40. The lowest BCUT2D eigenvalue weighted by Crippen LogP contribution is -2.16. The predicted molar refractivity (Wildman–Crippen MR) is 57.0 cm³/mol. The third kappa shape index (κ3) is 1.62. The number of hydrogen-bond acceptors (Lipinski definition) is 3. The summed E-state index contributed by atoms with van der Waals surface area (Å²) in [6, 6.07) is 7.70. The molecule has 0 aliphatic heterocycles. The zero-order valence-electron chi connectivity index (χ0n) is 8.81. The van der Waals surface area contributed by atoms with Crippen LogP contribution in [0.15, 0.2) is 24.3 Å². The Hall–Kier alpha value is -1.06. The Kier molecular flexibility index (Phi) is 2.67. The van der Waals surface area contributed by atoms with Crippen molar-refractivity contribution in [2.24, 2.45) is 5.92 Å². The van der Waals surface area contributed by atoms with E-state index in [-0.39, 0.29) is 24.5 Å². The highest BCUT2D eigenvalue weighted by Gasteiger charge is 2.54. The average Bonchev–Trinajstić information content (AvgIpc) is 3.04. The SMILES string of the molecule is COc1ccc([C@@]2(CO)C[C@@H]2CO)cc1. The van der Waals surface area contributed by atoms with Gasteiger partial charge < -0.3 is 14.9 Å². The van der Waals surface area contributed by atoms with Gasteiger partial charge >= 0.3 is 0 Å². The lowest BCUT2D eigenvalue weighted by atomic mass is 9.94. The molecule has 0 aromatic heterocycles. The quantitative estimate of drug-likeness (QED) is 0.774. The molecule has 0 spiro atoms. The van der Waals surface area contributed by atoms with Crippen LogP contribution >= 0.6 is 0 Å². The second kappa shape index (κ2) is 3.83. The maximum atomic E-state index is 9.40. The van der Waals surface area contributed by atoms with E-state index in [1.807, 2.05) is 24.3 Å². The van der Waals surface area contributed by atoms with E-state index in [0.717, 1.165) is 17.7 Å². The molecule has 1 saturated carbocycles.